The van der Waals surface area contributed by atoms with Gasteiger partial charge in [-0.25, -0.2) is 0 Å². The van der Waals surface area contributed by atoms with Crippen molar-refractivity contribution in [2.75, 3.05) is 38.6 Å². The number of nitrogens with zero attached hydrogens (tertiary/aromatic N) is 1. The van der Waals surface area contributed by atoms with E-state index in [1.54, 1.807) is 7.11 Å². The van der Waals surface area contributed by atoms with Gasteiger partial charge in [0.2, 0.25) is 5.91 Å². The molecule has 2 aromatic rings. The van der Waals surface area contributed by atoms with Crippen molar-refractivity contribution in [1.82, 2.24) is 10.2 Å². The van der Waals surface area contributed by atoms with E-state index in [2.05, 4.69) is 10.6 Å². The van der Waals surface area contributed by atoms with Crippen LogP contribution in [0.2, 0.25) is 0 Å². The number of methoxy groups -OCH3 is 1. The molecule has 2 N–H and O–H groups in total. The molecule has 1 aliphatic rings. The highest BCUT2D eigenvalue weighted by molar-refractivity contribution is 5.95. The van der Waals surface area contributed by atoms with Gasteiger partial charge in [-0.1, -0.05) is 18.2 Å². The molecule has 0 atom stereocenters. The number of benzene rings is 2. The second kappa shape index (κ2) is 10.5. The smallest absolute Gasteiger partial charge is 0.251 e. The maximum Gasteiger partial charge on any atom is 0.251 e. The number of carbonyl (C=O) groups excluding carboxylic acids is 2. The number of carbonyl (C=O) groups is 2. The van der Waals surface area contributed by atoms with E-state index in [4.69, 9.17) is 4.74 Å². The van der Waals surface area contributed by atoms with Gasteiger partial charge in [-0.2, -0.15) is 0 Å². The van der Waals surface area contributed by atoms with Crippen molar-refractivity contribution in [3.05, 3.63) is 59.7 Å². The molecular weight excluding hydrogens is 366 g/mol. The van der Waals surface area contributed by atoms with Crippen LogP contribution in [0.5, 0.6) is 5.75 Å². The Kier molecular flexibility index (Phi) is 7.50. The van der Waals surface area contributed by atoms with Crippen LogP contribution < -0.4 is 15.4 Å². The highest BCUT2D eigenvalue weighted by Gasteiger charge is 2.18. The lowest BCUT2D eigenvalue weighted by Gasteiger charge is -2.15. The first-order valence-corrected chi connectivity index (χ1v) is 10.2. The summed E-state index contributed by atoms with van der Waals surface area (Å²) in [5, 5.41) is 6.31. The standard InChI is InChI=1S/C23H29N3O3/c1-29-21-10-8-18(9-11-21)12-14-25-23(28)19-5-2-6-20(17-19)24-13-4-16-26-15-3-7-22(26)27/h2,5-6,8-11,17,24H,3-4,7,12-16H2,1H3,(H,25,28). The minimum absolute atomic E-state index is 0.0789. The number of likely N-dealkylation sites (tertiary alicyclic amines) is 1. The Bertz CT molecular complexity index is 820. The SMILES string of the molecule is COc1ccc(CCNC(=O)c2cccc(NCCCN3CCCC3=O)c2)cc1. The van der Waals surface area contributed by atoms with E-state index in [-0.39, 0.29) is 11.8 Å². The molecule has 1 aliphatic heterocycles. The zero-order valence-corrected chi connectivity index (χ0v) is 16.9. The maximum atomic E-state index is 12.4. The number of rotatable bonds is 10. The molecule has 0 unspecified atom stereocenters. The number of ether oxygens (including phenoxy) is 1. The van der Waals surface area contributed by atoms with Gasteiger partial charge in [0.25, 0.3) is 5.91 Å². The van der Waals surface area contributed by atoms with Gasteiger partial charge in [0.1, 0.15) is 5.75 Å². The van der Waals surface area contributed by atoms with Crippen molar-refractivity contribution < 1.29 is 14.3 Å². The molecule has 3 rings (SSSR count). The Labute approximate surface area is 172 Å². The quantitative estimate of drug-likeness (QED) is 0.607. The molecule has 0 aromatic heterocycles. The van der Waals surface area contributed by atoms with Gasteiger partial charge < -0.3 is 20.3 Å². The highest BCUT2D eigenvalue weighted by atomic mass is 16.5. The average Bonchev–Trinajstić information content (AvgIpc) is 3.16. The van der Waals surface area contributed by atoms with Crippen molar-refractivity contribution in [1.29, 1.82) is 0 Å². The second-order valence-corrected chi connectivity index (χ2v) is 7.20. The van der Waals surface area contributed by atoms with Crippen molar-refractivity contribution in [3.8, 4) is 5.75 Å². The van der Waals surface area contributed by atoms with Gasteiger partial charge in [-0.15, -0.1) is 0 Å². The number of hydrogen-bond acceptors (Lipinski definition) is 4. The van der Waals surface area contributed by atoms with Crippen LogP contribution in [0.4, 0.5) is 5.69 Å². The summed E-state index contributed by atoms with van der Waals surface area (Å²) in [4.78, 5) is 26.0. The molecule has 0 spiro atoms. The van der Waals surface area contributed by atoms with Crippen molar-refractivity contribution >= 4 is 17.5 Å². The lowest BCUT2D eigenvalue weighted by molar-refractivity contribution is -0.127. The van der Waals surface area contributed by atoms with Crippen molar-refractivity contribution in [3.63, 3.8) is 0 Å². The number of anilines is 1. The summed E-state index contributed by atoms with van der Waals surface area (Å²) in [6.45, 7) is 3.02. The minimum atomic E-state index is -0.0789. The van der Waals surface area contributed by atoms with Crippen LogP contribution in [-0.2, 0) is 11.2 Å². The van der Waals surface area contributed by atoms with Crippen LogP contribution in [0, 0.1) is 0 Å². The summed E-state index contributed by atoms with van der Waals surface area (Å²) in [7, 11) is 1.65. The largest absolute Gasteiger partial charge is 0.497 e. The van der Waals surface area contributed by atoms with Gasteiger partial charge in [0.05, 0.1) is 7.11 Å². The zero-order chi connectivity index (χ0) is 20.5. The summed E-state index contributed by atoms with van der Waals surface area (Å²) in [6, 6.07) is 15.4. The lowest BCUT2D eigenvalue weighted by atomic mass is 10.1. The van der Waals surface area contributed by atoms with E-state index in [1.807, 2.05) is 53.4 Å². The molecule has 6 nitrogen and oxygen atoms in total. The predicted octanol–water partition coefficient (Wildman–Crippen LogP) is 3.09. The fourth-order valence-corrected chi connectivity index (χ4v) is 3.43. The summed E-state index contributed by atoms with van der Waals surface area (Å²) < 4.78 is 5.15. The van der Waals surface area contributed by atoms with Crippen molar-refractivity contribution in [2.24, 2.45) is 0 Å². The fourth-order valence-electron chi connectivity index (χ4n) is 3.43. The molecule has 0 radical (unpaired) electrons. The molecule has 154 valence electrons. The second-order valence-electron chi connectivity index (χ2n) is 7.20. The van der Waals surface area contributed by atoms with Gasteiger partial charge >= 0.3 is 0 Å². The van der Waals surface area contributed by atoms with Crippen LogP contribution in [0.3, 0.4) is 0 Å². The van der Waals surface area contributed by atoms with Gasteiger partial charge in [0.15, 0.2) is 0 Å². The summed E-state index contributed by atoms with van der Waals surface area (Å²) in [5.41, 5.74) is 2.71. The predicted molar refractivity (Wildman–Crippen MR) is 114 cm³/mol. The topological polar surface area (TPSA) is 70.7 Å². The Balaban J connectivity index is 1.40. The summed E-state index contributed by atoms with van der Waals surface area (Å²) in [5.74, 6) is 1.01. The maximum absolute atomic E-state index is 12.4. The molecule has 2 aromatic carbocycles. The monoisotopic (exact) mass is 395 g/mol. The third-order valence-electron chi connectivity index (χ3n) is 5.09. The molecule has 1 heterocycles. The zero-order valence-electron chi connectivity index (χ0n) is 16.9. The third-order valence-corrected chi connectivity index (χ3v) is 5.09. The van der Waals surface area contributed by atoms with Crippen LogP contribution in [0.1, 0.15) is 35.2 Å². The Hall–Kier alpha value is -3.02. The van der Waals surface area contributed by atoms with Crippen LogP contribution in [0.25, 0.3) is 0 Å². The highest BCUT2D eigenvalue weighted by Crippen LogP contribution is 2.13. The van der Waals surface area contributed by atoms with E-state index in [1.165, 1.54) is 0 Å². The first-order chi connectivity index (χ1) is 14.2. The third kappa shape index (κ3) is 6.24. The molecule has 29 heavy (non-hydrogen) atoms. The number of hydrogen-bond donors (Lipinski definition) is 2. The summed E-state index contributed by atoms with van der Waals surface area (Å²) >= 11 is 0. The molecule has 0 saturated carbocycles. The molecule has 1 saturated heterocycles. The Morgan fingerprint density at radius 2 is 1.97 bits per heavy atom. The molecule has 2 amide bonds. The van der Waals surface area contributed by atoms with Crippen molar-refractivity contribution in [2.45, 2.75) is 25.7 Å². The average molecular weight is 396 g/mol. The van der Waals surface area contributed by atoms with E-state index in [0.717, 1.165) is 55.9 Å². The number of amides is 2. The van der Waals surface area contributed by atoms with Gasteiger partial charge in [-0.05, 0) is 55.2 Å². The van der Waals surface area contributed by atoms with Crippen LogP contribution >= 0.6 is 0 Å². The van der Waals surface area contributed by atoms with E-state index in [9.17, 15) is 9.59 Å². The van der Waals surface area contributed by atoms with Crippen LogP contribution in [-0.4, -0.2) is 50.0 Å². The number of nitrogens with one attached hydrogen (secondary N) is 2. The Morgan fingerprint density at radius 1 is 1.14 bits per heavy atom. The summed E-state index contributed by atoms with van der Waals surface area (Å²) in [6.07, 6.45) is 3.32. The molecule has 0 aliphatic carbocycles. The molecular formula is C23H29N3O3. The first kappa shape index (κ1) is 20.7. The first-order valence-electron chi connectivity index (χ1n) is 10.2. The van der Waals surface area contributed by atoms with E-state index >= 15 is 0 Å². The van der Waals surface area contributed by atoms with E-state index in [0.29, 0.717) is 18.5 Å². The lowest BCUT2D eigenvalue weighted by Crippen LogP contribution is -2.27. The molecule has 0 bridgehead atoms. The fraction of sp³-hybridized carbons (Fsp3) is 0.391. The van der Waals surface area contributed by atoms with Crippen LogP contribution in [0.15, 0.2) is 48.5 Å². The normalized spacial score (nSPS) is 13.4. The van der Waals surface area contributed by atoms with E-state index < -0.39 is 0 Å². The molecule has 6 heteroatoms. The Morgan fingerprint density at radius 3 is 2.69 bits per heavy atom. The minimum Gasteiger partial charge on any atom is -0.497 e. The molecule has 1 fully saturated rings. The van der Waals surface area contributed by atoms with Gasteiger partial charge in [0, 0.05) is 43.9 Å². The van der Waals surface area contributed by atoms with Gasteiger partial charge in [-0.3, -0.25) is 9.59 Å².